The van der Waals surface area contributed by atoms with Gasteiger partial charge in [-0.1, -0.05) is 0 Å². The molecular weight excluding hydrogens is 204 g/mol. The summed E-state index contributed by atoms with van der Waals surface area (Å²) in [4.78, 5) is 2.25. The van der Waals surface area contributed by atoms with Gasteiger partial charge < -0.3 is 9.67 Å². The summed E-state index contributed by atoms with van der Waals surface area (Å²) in [5.41, 5.74) is 0. The summed E-state index contributed by atoms with van der Waals surface area (Å²) < 4.78 is 2.02. The van der Waals surface area contributed by atoms with E-state index >= 15 is 0 Å². The Bertz CT molecular complexity index is 357. The van der Waals surface area contributed by atoms with E-state index < -0.39 is 0 Å². The van der Waals surface area contributed by atoms with Crippen LogP contribution in [0.5, 0.6) is 0 Å². The molecule has 5 heteroatoms. The molecule has 1 aromatic rings. The molecule has 16 heavy (non-hydrogen) atoms. The quantitative estimate of drug-likeness (QED) is 0.800. The van der Waals surface area contributed by atoms with Crippen molar-refractivity contribution in [3.63, 3.8) is 0 Å². The molecule has 0 atom stereocenters. The monoisotopic (exact) mass is 224 g/mol. The van der Waals surface area contributed by atoms with Crippen LogP contribution >= 0.6 is 0 Å². The Hall–Kier alpha value is -0.940. The highest BCUT2D eigenvalue weighted by Crippen LogP contribution is 2.27. The van der Waals surface area contributed by atoms with E-state index in [4.69, 9.17) is 0 Å². The fourth-order valence-electron chi connectivity index (χ4n) is 2.19. The van der Waals surface area contributed by atoms with Gasteiger partial charge in [-0.25, -0.2) is 0 Å². The van der Waals surface area contributed by atoms with Gasteiger partial charge in [0.25, 0.3) is 0 Å². The van der Waals surface area contributed by atoms with Crippen molar-refractivity contribution in [1.82, 2.24) is 19.7 Å². The van der Waals surface area contributed by atoms with Gasteiger partial charge in [0.2, 0.25) is 0 Å². The van der Waals surface area contributed by atoms with Crippen molar-refractivity contribution >= 4 is 0 Å². The number of aromatic nitrogens is 3. The zero-order chi connectivity index (χ0) is 11.7. The molecule has 0 saturated heterocycles. The summed E-state index contributed by atoms with van der Waals surface area (Å²) in [7, 11) is 4.08. The zero-order valence-corrected chi connectivity index (χ0v) is 10.2. The van der Waals surface area contributed by atoms with Crippen LogP contribution in [0.2, 0.25) is 0 Å². The number of aliphatic hydroxyl groups is 1. The van der Waals surface area contributed by atoms with Crippen LogP contribution in [0.3, 0.4) is 0 Å². The molecule has 0 amide bonds. The van der Waals surface area contributed by atoms with E-state index in [1.54, 1.807) is 0 Å². The van der Waals surface area contributed by atoms with Crippen molar-refractivity contribution in [2.24, 2.45) is 13.0 Å². The first-order valence-corrected chi connectivity index (χ1v) is 5.77. The minimum absolute atomic E-state index is 0.0597. The topological polar surface area (TPSA) is 54.2 Å². The van der Waals surface area contributed by atoms with E-state index in [0.29, 0.717) is 5.92 Å². The largest absolute Gasteiger partial charge is 0.393 e. The summed E-state index contributed by atoms with van der Waals surface area (Å²) in [5, 5.41) is 17.4. The molecule has 0 unspecified atom stereocenters. The predicted molar refractivity (Wildman–Crippen MR) is 60.8 cm³/mol. The summed E-state index contributed by atoms with van der Waals surface area (Å²) in [6, 6.07) is 0. The molecule has 0 aromatic carbocycles. The Morgan fingerprint density at radius 2 is 2.12 bits per heavy atom. The second-order valence-corrected chi connectivity index (χ2v) is 4.91. The Labute approximate surface area is 96.1 Å². The van der Waals surface area contributed by atoms with Crippen LogP contribution < -0.4 is 0 Å². The number of hydrogen-bond donors (Lipinski definition) is 1. The second-order valence-electron chi connectivity index (χ2n) is 4.91. The van der Waals surface area contributed by atoms with Gasteiger partial charge in [-0.3, -0.25) is 4.90 Å². The fourth-order valence-corrected chi connectivity index (χ4v) is 2.19. The van der Waals surface area contributed by atoms with Crippen molar-refractivity contribution in [3.05, 3.63) is 11.6 Å². The first-order valence-electron chi connectivity index (χ1n) is 5.77. The SMILES string of the molecule is Cc1nnc(CN(C)CC2CC(O)C2)n1C. The molecule has 1 fully saturated rings. The summed E-state index contributed by atoms with van der Waals surface area (Å²) >= 11 is 0. The molecule has 1 aliphatic carbocycles. The lowest BCUT2D eigenvalue weighted by atomic mass is 9.82. The zero-order valence-electron chi connectivity index (χ0n) is 10.2. The van der Waals surface area contributed by atoms with E-state index in [9.17, 15) is 5.11 Å². The minimum Gasteiger partial charge on any atom is -0.393 e. The molecule has 1 heterocycles. The van der Waals surface area contributed by atoms with E-state index in [1.807, 2.05) is 18.5 Å². The van der Waals surface area contributed by atoms with Crippen LogP contribution in [0, 0.1) is 12.8 Å². The van der Waals surface area contributed by atoms with E-state index in [1.165, 1.54) is 0 Å². The van der Waals surface area contributed by atoms with Gasteiger partial charge >= 0.3 is 0 Å². The third-order valence-electron chi connectivity index (χ3n) is 3.37. The smallest absolute Gasteiger partial charge is 0.146 e. The third kappa shape index (κ3) is 2.41. The molecule has 90 valence electrons. The lowest BCUT2D eigenvalue weighted by Crippen LogP contribution is -2.37. The first-order chi connectivity index (χ1) is 7.56. The molecule has 2 rings (SSSR count). The summed E-state index contributed by atoms with van der Waals surface area (Å²) in [6.07, 6.45) is 1.83. The highest BCUT2D eigenvalue weighted by atomic mass is 16.3. The third-order valence-corrected chi connectivity index (χ3v) is 3.37. The van der Waals surface area contributed by atoms with Crippen LogP contribution in [0.15, 0.2) is 0 Å². The molecule has 0 spiro atoms. The van der Waals surface area contributed by atoms with Crippen LogP contribution in [-0.2, 0) is 13.6 Å². The molecule has 5 nitrogen and oxygen atoms in total. The molecule has 0 aliphatic heterocycles. The van der Waals surface area contributed by atoms with E-state index in [2.05, 4.69) is 22.1 Å². The van der Waals surface area contributed by atoms with Gasteiger partial charge in [0.1, 0.15) is 11.6 Å². The maximum atomic E-state index is 9.22. The van der Waals surface area contributed by atoms with Crippen LogP contribution in [0.25, 0.3) is 0 Å². The van der Waals surface area contributed by atoms with Crippen molar-refractivity contribution in [2.75, 3.05) is 13.6 Å². The maximum absolute atomic E-state index is 9.22. The molecule has 0 radical (unpaired) electrons. The lowest BCUT2D eigenvalue weighted by molar-refractivity contribution is 0.0269. The van der Waals surface area contributed by atoms with Crippen LogP contribution in [0.4, 0.5) is 0 Å². The van der Waals surface area contributed by atoms with Gasteiger partial charge in [-0.15, -0.1) is 10.2 Å². The Morgan fingerprint density at radius 1 is 1.44 bits per heavy atom. The summed E-state index contributed by atoms with van der Waals surface area (Å²) in [6.45, 7) is 3.81. The molecule has 1 saturated carbocycles. The number of nitrogens with zero attached hydrogens (tertiary/aromatic N) is 4. The second kappa shape index (κ2) is 4.51. The predicted octanol–water partition coefficient (Wildman–Crippen LogP) is 0.326. The first kappa shape index (κ1) is 11.5. The molecule has 1 N–H and O–H groups in total. The van der Waals surface area contributed by atoms with Crippen LogP contribution in [0.1, 0.15) is 24.5 Å². The van der Waals surface area contributed by atoms with E-state index in [-0.39, 0.29) is 6.10 Å². The Balaban J connectivity index is 1.83. The van der Waals surface area contributed by atoms with Gasteiger partial charge in [0.15, 0.2) is 0 Å². The van der Waals surface area contributed by atoms with Gasteiger partial charge in [0, 0.05) is 13.6 Å². The molecule has 0 bridgehead atoms. The minimum atomic E-state index is -0.0597. The normalized spacial score (nSPS) is 24.8. The Morgan fingerprint density at radius 3 is 2.62 bits per heavy atom. The van der Waals surface area contributed by atoms with Crippen molar-refractivity contribution in [2.45, 2.75) is 32.4 Å². The number of rotatable bonds is 4. The van der Waals surface area contributed by atoms with E-state index in [0.717, 1.165) is 37.6 Å². The van der Waals surface area contributed by atoms with Crippen molar-refractivity contribution in [1.29, 1.82) is 0 Å². The number of aliphatic hydroxyl groups excluding tert-OH is 1. The number of aryl methyl sites for hydroxylation is 1. The standard InChI is InChI=1S/C11H20N4O/c1-8-12-13-11(15(8)3)7-14(2)6-9-4-10(16)5-9/h9-10,16H,4-7H2,1-3H3. The fraction of sp³-hybridized carbons (Fsp3) is 0.818. The van der Waals surface area contributed by atoms with Crippen molar-refractivity contribution < 1.29 is 5.11 Å². The lowest BCUT2D eigenvalue weighted by Gasteiger charge is -2.34. The summed E-state index contributed by atoms with van der Waals surface area (Å²) in [5.74, 6) is 2.59. The van der Waals surface area contributed by atoms with Gasteiger partial charge in [0.05, 0.1) is 12.6 Å². The van der Waals surface area contributed by atoms with Gasteiger partial charge in [-0.2, -0.15) is 0 Å². The maximum Gasteiger partial charge on any atom is 0.146 e. The number of hydrogen-bond acceptors (Lipinski definition) is 4. The average Bonchev–Trinajstić information content (AvgIpc) is 2.47. The molecule has 1 aliphatic rings. The molecular formula is C11H20N4O. The molecule has 1 aromatic heterocycles. The Kier molecular flexibility index (Phi) is 3.25. The van der Waals surface area contributed by atoms with Gasteiger partial charge in [-0.05, 0) is 32.7 Å². The van der Waals surface area contributed by atoms with Crippen LogP contribution in [-0.4, -0.2) is 44.5 Å². The van der Waals surface area contributed by atoms with Crippen molar-refractivity contribution in [3.8, 4) is 0 Å². The highest BCUT2D eigenvalue weighted by molar-refractivity contribution is 4.92. The highest BCUT2D eigenvalue weighted by Gasteiger charge is 2.28. The average molecular weight is 224 g/mol.